The topological polar surface area (TPSA) is 71.1 Å². The molecule has 0 atom stereocenters. The predicted octanol–water partition coefficient (Wildman–Crippen LogP) is 1.82. The Bertz CT molecular complexity index is 507. The van der Waals surface area contributed by atoms with E-state index in [4.69, 9.17) is 14.2 Å². The number of carbonyl (C=O) groups excluding carboxylic acids is 2. The maximum atomic E-state index is 11.1. The first-order valence-corrected chi connectivity index (χ1v) is 5.72. The molecule has 0 aliphatic heterocycles. The zero-order valence-corrected chi connectivity index (χ0v) is 11.8. The lowest BCUT2D eigenvalue weighted by Crippen LogP contribution is -2.05. The van der Waals surface area contributed by atoms with Crippen LogP contribution < -0.4 is 14.2 Å². The summed E-state index contributed by atoms with van der Waals surface area (Å²) < 4.78 is 19.9. The highest BCUT2D eigenvalue weighted by Crippen LogP contribution is 2.39. The van der Waals surface area contributed by atoms with Crippen molar-refractivity contribution in [2.24, 2.45) is 0 Å². The predicted molar refractivity (Wildman–Crippen MR) is 71.9 cm³/mol. The third-order valence-corrected chi connectivity index (χ3v) is 2.34. The number of methoxy groups -OCH3 is 3. The molecule has 0 N–H and O–H groups in total. The monoisotopic (exact) mass is 280 g/mol. The fraction of sp³-hybridized carbons (Fsp3) is 0.286. The van der Waals surface area contributed by atoms with Gasteiger partial charge < -0.3 is 18.9 Å². The van der Waals surface area contributed by atoms with Crippen LogP contribution in [0.25, 0.3) is 6.08 Å². The molecule has 1 aromatic rings. The molecule has 0 aliphatic rings. The summed E-state index contributed by atoms with van der Waals surface area (Å²) >= 11 is 0. The second kappa shape index (κ2) is 7.18. The molecule has 0 saturated carbocycles. The fourth-order valence-electron chi connectivity index (χ4n) is 1.47. The molecule has 0 heterocycles. The molecule has 1 aromatic carbocycles. The summed E-state index contributed by atoms with van der Waals surface area (Å²) in [7, 11) is 4.17. The number of carbonyl (C=O) groups is 2. The van der Waals surface area contributed by atoms with Gasteiger partial charge in [0.25, 0.3) is 0 Å². The lowest BCUT2D eigenvalue weighted by atomic mass is 10.1. The van der Waals surface area contributed by atoms with Crippen molar-refractivity contribution in [2.45, 2.75) is 6.92 Å². The number of rotatable bonds is 5. The van der Waals surface area contributed by atoms with Crippen LogP contribution in [0.2, 0.25) is 0 Å². The van der Waals surface area contributed by atoms with Crippen LogP contribution in [0.4, 0.5) is 0 Å². The van der Waals surface area contributed by atoms with Crippen molar-refractivity contribution in [1.29, 1.82) is 0 Å². The maximum absolute atomic E-state index is 11.1. The second-order valence-corrected chi connectivity index (χ2v) is 3.70. The van der Waals surface area contributed by atoms with Gasteiger partial charge in [-0.05, 0) is 23.8 Å². The van der Waals surface area contributed by atoms with Crippen molar-refractivity contribution in [3.8, 4) is 17.2 Å². The van der Waals surface area contributed by atoms with E-state index in [0.29, 0.717) is 17.1 Å². The molecule has 0 spiro atoms. The standard InChI is InChI=1S/C14H16O6/c1-9(15)20-14-11(17-2)7-10(8-12(14)18-3)5-6-13(16)19-4/h5-8H,1-4H3. The first kappa shape index (κ1) is 15.6. The summed E-state index contributed by atoms with van der Waals surface area (Å²) in [6.45, 7) is 1.28. The Balaban J connectivity index is 3.21. The molecule has 0 amide bonds. The summed E-state index contributed by atoms with van der Waals surface area (Å²) in [6.07, 6.45) is 2.80. The van der Waals surface area contributed by atoms with E-state index < -0.39 is 11.9 Å². The van der Waals surface area contributed by atoms with Crippen LogP contribution in [0.15, 0.2) is 18.2 Å². The molecule has 6 nitrogen and oxygen atoms in total. The zero-order chi connectivity index (χ0) is 15.1. The van der Waals surface area contributed by atoms with Crippen LogP contribution in [-0.4, -0.2) is 33.3 Å². The molecule has 0 saturated heterocycles. The number of esters is 2. The fourth-order valence-corrected chi connectivity index (χ4v) is 1.47. The molecular weight excluding hydrogens is 264 g/mol. The molecule has 0 radical (unpaired) electrons. The Kier molecular flexibility index (Phi) is 5.58. The first-order valence-electron chi connectivity index (χ1n) is 5.72. The molecule has 0 unspecified atom stereocenters. The summed E-state index contributed by atoms with van der Waals surface area (Å²) in [5, 5.41) is 0. The van der Waals surface area contributed by atoms with Crippen molar-refractivity contribution >= 4 is 18.0 Å². The van der Waals surface area contributed by atoms with Crippen LogP contribution in [-0.2, 0) is 14.3 Å². The average Bonchev–Trinajstić information content (AvgIpc) is 2.44. The van der Waals surface area contributed by atoms with E-state index in [1.165, 1.54) is 40.4 Å². The lowest BCUT2D eigenvalue weighted by Gasteiger charge is -2.13. The number of hydrogen-bond acceptors (Lipinski definition) is 6. The van der Waals surface area contributed by atoms with E-state index in [1.807, 2.05) is 0 Å². The van der Waals surface area contributed by atoms with Gasteiger partial charge in [-0.3, -0.25) is 4.79 Å². The van der Waals surface area contributed by atoms with Gasteiger partial charge in [0.05, 0.1) is 21.3 Å². The van der Waals surface area contributed by atoms with E-state index in [0.717, 1.165) is 0 Å². The van der Waals surface area contributed by atoms with Crippen LogP contribution in [0.5, 0.6) is 17.2 Å². The Morgan fingerprint density at radius 2 is 1.60 bits per heavy atom. The largest absolute Gasteiger partial charge is 0.493 e. The van der Waals surface area contributed by atoms with Gasteiger partial charge in [-0.15, -0.1) is 0 Å². The summed E-state index contributed by atoms with van der Waals surface area (Å²) in [5.74, 6) is -0.128. The molecule has 20 heavy (non-hydrogen) atoms. The van der Waals surface area contributed by atoms with E-state index >= 15 is 0 Å². The highest BCUT2D eigenvalue weighted by Gasteiger charge is 2.15. The minimum atomic E-state index is -0.487. The summed E-state index contributed by atoms with van der Waals surface area (Å²) in [4.78, 5) is 22.1. The SMILES string of the molecule is COC(=O)C=Cc1cc(OC)c(OC(C)=O)c(OC)c1. The van der Waals surface area contributed by atoms with Crippen molar-refractivity contribution in [3.63, 3.8) is 0 Å². The lowest BCUT2D eigenvalue weighted by molar-refractivity contribution is -0.135. The van der Waals surface area contributed by atoms with Crippen LogP contribution in [0.3, 0.4) is 0 Å². The highest BCUT2D eigenvalue weighted by atomic mass is 16.6. The van der Waals surface area contributed by atoms with Gasteiger partial charge >= 0.3 is 11.9 Å². The minimum absolute atomic E-state index is 0.192. The van der Waals surface area contributed by atoms with Crippen molar-refractivity contribution in [1.82, 2.24) is 0 Å². The summed E-state index contributed by atoms with van der Waals surface area (Å²) in [5.41, 5.74) is 0.639. The first-order chi connectivity index (χ1) is 9.51. The van der Waals surface area contributed by atoms with Gasteiger partial charge in [-0.25, -0.2) is 4.79 Å². The summed E-state index contributed by atoms with van der Waals surface area (Å²) in [6, 6.07) is 3.22. The van der Waals surface area contributed by atoms with Crippen molar-refractivity contribution in [3.05, 3.63) is 23.8 Å². The third kappa shape index (κ3) is 4.01. The maximum Gasteiger partial charge on any atom is 0.330 e. The molecule has 6 heteroatoms. The van der Waals surface area contributed by atoms with E-state index in [9.17, 15) is 9.59 Å². The Morgan fingerprint density at radius 1 is 1.05 bits per heavy atom. The molecule has 0 aromatic heterocycles. The van der Waals surface area contributed by atoms with Gasteiger partial charge in [0, 0.05) is 13.0 Å². The number of benzene rings is 1. The van der Waals surface area contributed by atoms with Gasteiger partial charge in [0.15, 0.2) is 11.5 Å². The van der Waals surface area contributed by atoms with Gasteiger partial charge in [0.2, 0.25) is 5.75 Å². The zero-order valence-electron chi connectivity index (χ0n) is 11.8. The molecule has 0 aliphatic carbocycles. The third-order valence-electron chi connectivity index (χ3n) is 2.34. The molecule has 0 fully saturated rings. The van der Waals surface area contributed by atoms with E-state index in [2.05, 4.69) is 4.74 Å². The Hall–Kier alpha value is -2.50. The number of ether oxygens (including phenoxy) is 4. The minimum Gasteiger partial charge on any atom is -0.493 e. The second-order valence-electron chi connectivity index (χ2n) is 3.70. The van der Waals surface area contributed by atoms with Crippen molar-refractivity contribution in [2.75, 3.05) is 21.3 Å². The Labute approximate surface area is 116 Å². The van der Waals surface area contributed by atoms with E-state index in [1.54, 1.807) is 12.1 Å². The van der Waals surface area contributed by atoms with Crippen LogP contribution in [0.1, 0.15) is 12.5 Å². The van der Waals surface area contributed by atoms with Crippen LogP contribution in [0, 0.1) is 0 Å². The molecule has 0 bridgehead atoms. The molecule has 108 valence electrons. The average molecular weight is 280 g/mol. The quantitative estimate of drug-likeness (QED) is 0.465. The Morgan fingerprint density at radius 3 is 2.00 bits per heavy atom. The molecule has 1 rings (SSSR count). The molecular formula is C14H16O6. The number of hydrogen-bond donors (Lipinski definition) is 0. The van der Waals surface area contributed by atoms with Crippen molar-refractivity contribution < 1.29 is 28.5 Å². The van der Waals surface area contributed by atoms with Gasteiger partial charge in [-0.1, -0.05) is 0 Å². The van der Waals surface area contributed by atoms with Crippen LogP contribution >= 0.6 is 0 Å². The van der Waals surface area contributed by atoms with Gasteiger partial charge in [0.1, 0.15) is 0 Å². The highest BCUT2D eigenvalue weighted by molar-refractivity contribution is 5.87. The normalized spacial score (nSPS) is 10.2. The van der Waals surface area contributed by atoms with Gasteiger partial charge in [-0.2, -0.15) is 0 Å². The van der Waals surface area contributed by atoms with E-state index in [-0.39, 0.29) is 5.75 Å². The smallest absolute Gasteiger partial charge is 0.330 e.